The van der Waals surface area contributed by atoms with Gasteiger partial charge in [-0.25, -0.2) is 9.59 Å². The van der Waals surface area contributed by atoms with E-state index in [4.69, 9.17) is 4.74 Å². The maximum Gasteiger partial charge on any atom is 0.407 e. The summed E-state index contributed by atoms with van der Waals surface area (Å²) >= 11 is 0. The molecule has 1 aromatic heterocycles. The molecular formula is C17H24N4O4. The van der Waals surface area contributed by atoms with Crippen LogP contribution >= 0.6 is 0 Å². The molecule has 0 radical (unpaired) electrons. The molecule has 2 atom stereocenters. The summed E-state index contributed by atoms with van der Waals surface area (Å²) in [5.41, 5.74) is 1.95. The fourth-order valence-electron chi connectivity index (χ4n) is 2.54. The zero-order chi connectivity index (χ0) is 18.6. The molecular weight excluding hydrogens is 324 g/mol. The number of amides is 2. The van der Waals surface area contributed by atoms with Crippen LogP contribution in [0.4, 0.5) is 4.79 Å². The Balaban J connectivity index is 2.09. The number of rotatable bonds is 6. The largest absolute Gasteiger partial charge is 0.450 e. The average Bonchev–Trinajstić information content (AvgIpc) is 2.91. The van der Waals surface area contributed by atoms with Crippen molar-refractivity contribution < 1.29 is 14.3 Å². The highest BCUT2D eigenvalue weighted by molar-refractivity contribution is 5.86. The van der Waals surface area contributed by atoms with E-state index in [2.05, 4.69) is 20.6 Å². The van der Waals surface area contributed by atoms with Crippen LogP contribution in [-0.2, 0) is 9.53 Å². The van der Waals surface area contributed by atoms with Gasteiger partial charge in [-0.2, -0.15) is 0 Å². The number of H-pyrrole nitrogens is 2. The topological polar surface area (TPSA) is 116 Å². The van der Waals surface area contributed by atoms with Gasteiger partial charge < -0.3 is 25.3 Å². The van der Waals surface area contributed by atoms with Crippen LogP contribution in [0.3, 0.4) is 0 Å². The molecule has 2 aromatic rings. The molecule has 0 bridgehead atoms. The molecule has 0 fully saturated rings. The summed E-state index contributed by atoms with van der Waals surface area (Å²) < 4.78 is 4.85. The first-order chi connectivity index (χ1) is 11.8. The fourth-order valence-corrected chi connectivity index (χ4v) is 2.54. The van der Waals surface area contributed by atoms with Gasteiger partial charge in [0, 0.05) is 0 Å². The SMILES string of the molecule is CCOC(=O)N[C@H](C(=O)N[C@@H](C)c1ccc2[nH]c(=O)[nH]c2c1)C(C)C. The first-order valence-electron chi connectivity index (χ1n) is 8.27. The van der Waals surface area contributed by atoms with Gasteiger partial charge in [-0.3, -0.25) is 4.79 Å². The molecule has 0 aliphatic carbocycles. The van der Waals surface area contributed by atoms with E-state index in [1.165, 1.54) is 0 Å². The number of carbonyl (C=O) groups is 2. The molecule has 2 amide bonds. The molecule has 1 aromatic carbocycles. The second-order valence-corrected chi connectivity index (χ2v) is 6.20. The zero-order valence-electron chi connectivity index (χ0n) is 14.8. The van der Waals surface area contributed by atoms with Crippen LogP contribution in [0.2, 0.25) is 0 Å². The van der Waals surface area contributed by atoms with E-state index in [9.17, 15) is 14.4 Å². The van der Waals surface area contributed by atoms with Crippen molar-refractivity contribution in [3.05, 3.63) is 34.2 Å². The van der Waals surface area contributed by atoms with E-state index in [1.54, 1.807) is 19.1 Å². The number of benzene rings is 1. The minimum atomic E-state index is -0.697. The summed E-state index contributed by atoms with van der Waals surface area (Å²) in [4.78, 5) is 40.8. The van der Waals surface area contributed by atoms with Crippen LogP contribution in [0.25, 0.3) is 11.0 Å². The monoisotopic (exact) mass is 348 g/mol. The molecule has 8 nitrogen and oxygen atoms in total. The lowest BCUT2D eigenvalue weighted by molar-refractivity contribution is -0.124. The number of aromatic nitrogens is 2. The Labute approximate surface area is 145 Å². The minimum Gasteiger partial charge on any atom is -0.450 e. The molecule has 4 N–H and O–H groups in total. The number of imidazole rings is 1. The number of fused-ring (bicyclic) bond motifs is 1. The third-order valence-corrected chi connectivity index (χ3v) is 3.90. The molecule has 8 heteroatoms. The van der Waals surface area contributed by atoms with Gasteiger partial charge in [-0.05, 0) is 37.5 Å². The molecule has 136 valence electrons. The van der Waals surface area contributed by atoms with Crippen molar-refractivity contribution >= 4 is 23.0 Å². The maximum atomic E-state index is 12.5. The first-order valence-corrected chi connectivity index (χ1v) is 8.27. The molecule has 0 aliphatic rings. The molecule has 0 aliphatic heterocycles. The fraction of sp³-hybridized carbons (Fsp3) is 0.471. The van der Waals surface area contributed by atoms with Gasteiger partial charge in [-0.15, -0.1) is 0 Å². The lowest BCUT2D eigenvalue weighted by Gasteiger charge is -2.24. The van der Waals surface area contributed by atoms with Crippen molar-refractivity contribution in [1.82, 2.24) is 20.6 Å². The molecule has 25 heavy (non-hydrogen) atoms. The summed E-state index contributed by atoms with van der Waals surface area (Å²) in [6, 6.07) is 4.43. The van der Waals surface area contributed by atoms with Crippen LogP contribution in [0, 0.1) is 5.92 Å². The summed E-state index contributed by atoms with van der Waals surface area (Å²) in [6.07, 6.45) is -0.615. The highest BCUT2D eigenvalue weighted by atomic mass is 16.5. The van der Waals surface area contributed by atoms with Gasteiger partial charge in [0.25, 0.3) is 0 Å². The highest BCUT2D eigenvalue weighted by Crippen LogP contribution is 2.17. The van der Waals surface area contributed by atoms with E-state index < -0.39 is 12.1 Å². The van der Waals surface area contributed by atoms with E-state index in [0.29, 0.717) is 11.0 Å². The number of nitrogens with one attached hydrogen (secondary N) is 4. The minimum absolute atomic E-state index is 0.0971. The molecule has 0 saturated carbocycles. The van der Waals surface area contributed by atoms with Crippen molar-refractivity contribution in [2.45, 2.75) is 39.8 Å². The third kappa shape index (κ3) is 4.62. The number of hydrogen-bond acceptors (Lipinski definition) is 4. The molecule has 0 unspecified atom stereocenters. The standard InChI is InChI=1S/C17H24N4O4/c1-5-25-17(24)21-14(9(2)3)15(22)18-10(4)11-6-7-12-13(8-11)20-16(23)19-12/h6-10,14H,5H2,1-4H3,(H,18,22)(H,21,24)(H2,19,20,23)/t10-,14-/m0/s1. The number of alkyl carbamates (subject to hydrolysis) is 1. The Hall–Kier alpha value is -2.77. The van der Waals surface area contributed by atoms with Crippen LogP contribution < -0.4 is 16.3 Å². The average molecular weight is 348 g/mol. The Morgan fingerprint density at radius 1 is 1.12 bits per heavy atom. The van der Waals surface area contributed by atoms with Gasteiger partial charge in [-0.1, -0.05) is 19.9 Å². The lowest BCUT2D eigenvalue weighted by atomic mass is 10.0. The van der Waals surface area contributed by atoms with Crippen LogP contribution in [0.5, 0.6) is 0 Å². The third-order valence-electron chi connectivity index (χ3n) is 3.90. The smallest absolute Gasteiger partial charge is 0.407 e. The first kappa shape index (κ1) is 18.6. The number of aromatic amines is 2. The Morgan fingerprint density at radius 3 is 2.44 bits per heavy atom. The van der Waals surface area contributed by atoms with E-state index in [1.807, 2.05) is 26.8 Å². The second-order valence-electron chi connectivity index (χ2n) is 6.20. The molecule has 2 rings (SSSR count). The van der Waals surface area contributed by atoms with E-state index in [0.717, 1.165) is 5.56 Å². The molecule has 0 spiro atoms. The van der Waals surface area contributed by atoms with Crippen molar-refractivity contribution in [1.29, 1.82) is 0 Å². The number of hydrogen-bond donors (Lipinski definition) is 4. The molecule has 0 saturated heterocycles. The lowest BCUT2D eigenvalue weighted by Crippen LogP contribution is -2.50. The Kier molecular flexibility index (Phi) is 5.84. The predicted octanol–water partition coefficient (Wildman–Crippen LogP) is 1.80. The summed E-state index contributed by atoms with van der Waals surface area (Å²) in [5.74, 6) is -0.390. The number of ether oxygens (including phenoxy) is 1. The summed E-state index contributed by atoms with van der Waals surface area (Å²) in [6.45, 7) is 7.47. The van der Waals surface area contributed by atoms with Gasteiger partial charge >= 0.3 is 11.8 Å². The second kappa shape index (κ2) is 7.87. The van der Waals surface area contributed by atoms with Crippen LogP contribution in [-0.4, -0.2) is 34.6 Å². The maximum absolute atomic E-state index is 12.5. The predicted molar refractivity (Wildman–Crippen MR) is 94.3 cm³/mol. The quantitative estimate of drug-likeness (QED) is 0.637. The van der Waals surface area contributed by atoms with Crippen molar-refractivity contribution in [3.63, 3.8) is 0 Å². The highest BCUT2D eigenvalue weighted by Gasteiger charge is 2.26. The van der Waals surface area contributed by atoms with Gasteiger partial charge in [0.2, 0.25) is 5.91 Å². The van der Waals surface area contributed by atoms with Crippen LogP contribution in [0.1, 0.15) is 39.3 Å². The summed E-state index contributed by atoms with van der Waals surface area (Å²) in [7, 11) is 0. The summed E-state index contributed by atoms with van der Waals surface area (Å²) in [5, 5.41) is 5.47. The van der Waals surface area contributed by atoms with Crippen molar-refractivity contribution in [2.24, 2.45) is 5.92 Å². The van der Waals surface area contributed by atoms with Gasteiger partial charge in [0.15, 0.2) is 0 Å². The zero-order valence-corrected chi connectivity index (χ0v) is 14.8. The van der Waals surface area contributed by atoms with Crippen LogP contribution in [0.15, 0.2) is 23.0 Å². The molecule has 1 heterocycles. The Bertz CT molecular complexity index is 808. The van der Waals surface area contributed by atoms with E-state index in [-0.39, 0.29) is 30.2 Å². The normalized spacial score (nSPS) is 13.5. The number of carbonyl (C=O) groups excluding carboxylic acids is 2. The Morgan fingerprint density at radius 2 is 1.80 bits per heavy atom. The van der Waals surface area contributed by atoms with Gasteiger partial charge in [0.1, 0.15) is 6.04 Å². The van der Waals surface area contributed by atoms with Crippen molar-refractivity contribution in [3.8, 4) is 0 Å². The van der Waals surface area contributed by atoms with Crippen molar-refractivity contribution in [2.75, 3.05) is 6.61 Å². The van der Waals surface area contributed by atoms with Gasteiger partial charge in [0.05, 0.1) is 23.7 Å². The van der Waals surface area contributed by atoms with E-state index >= 15 is 0 Å².